The summed E-state index contributed by atoms with van der Waals surface area (Å²) in [4.78, 5) is 0. The summed E-state index contributed by atoms with van der Waals surface area (Å²) in [6.45, 7) is 4.34. The maximum absolute atomic E-state index is 11.5. The van der Waals surface area contributed by atoms with E-state index in [1.165, 1.54) is 0 Å². The Morgan fingerprint density at radius 2 is 1.94 bits per heavy atom. The van der Waals surface area contributed by atoms with Gasteiger partial charge in [0.15, 0.2) is 0 Å². The van der Waals surface area contributed by atoms with Gasteiger partial charge in [0.1, 0.15) is 5.60 Å². The molecule has 5 nitrogen and oxygen atoms in total. The average Bonchev–Trinajstić information content (AvgIpc) is 2.25. The number of hydrogen-bond donors (Lipinski definition) is 1. The van der Waals surface area contributed by atoms with Gasteiger partial charge in [-0.2, -0.15) is 0 Å². The molecule has 0 rings (SSSR count). The van der Waals surface area contributed by atoms with Crippen molar-refractivity contribution < 1.29 is 17.9 Å². The van der Waals surface area contributed by atoms with Crippen LogP contribution >= 0.6 is 0 Å². The van der Waals surface area contributed by atoms with Crippen molar-refractivity contribution in [3.63, 3.8) is 0 Å². The molecule has 0 spiro atoms. The minimum Gasteiger partial charge on any atom is -0.382 e. The Kier molecular flexibility index (Phi) is 7.14. The zero-order chi connectivity index (χ0) is 12.7. The monoisotopic (exact) mass is 253 g/mol. The number of hydrogen-bond acceptors (Lipinski definition) is 4. The van der Waals surface area contributed by atoms with E-state index in [0.717, 1.165) is 6.42 Å². The Labute approximate surface area is 98.6 Å². The van der Waals surface area contributed by atoms with Crippen LogP contribution in [0.1, 0.15) is 26.7 Å². The van der Waals surface area contributed by atoms with Gasteiger partial charge >= 0.3 is 0 Å². The molecule has 0 aromatic rings. The smallest absolute Gasteiger partial charge is 0.211 e. The number of nitrogens with one attached hydrogen (secondary N) is 1. The average molecular weight is 253 g/mol. The Balaban J connectivity index is 4.19. The van der Waals surface area contributed by atoms with Gasteiger partial charge in [-0.25, -0.2) is 13.1 Å². The normalized spacial score (nSPS) is 16.0. The fraction of sp³-hybridized carbons (Fsp3) is 1.00. The van der Waals surface area contributed by atoms with Crippen molar-refractivity contribution in [2.75, 3.05) is 33.1 Å². The molecular weight excluding hydrogens is 230 g/mol. The molecule has 1 N–H and O–H groups in total. The van der Waals surface area contributed by atoms with Gasteiger partial charge in [-0.1, -0.05) is 13.3 Å². The van der Waals surface area contributed by atoms with E-state index in [1.807, 2.05) is 6.92 Å². The van der Waals surface area contributed by atoms with E-state index in [9.17, 15) is 8.42 Å². The summed E-state index contributed by atoms with van der Waals surface area (Å²) in [6, 6.07) is 0. The first kappa shape index (κ1) is 15.8. The lowest BCUT2D eigenvalue weighted by Gasteiger charge is -2.27. The molecular formula is C10H23NO4S. The van der Waals surface area contributed by atoms with Gasteiger partial charge in [0, 0.05) is 20.8 Å². The number of sulfonamides is 1. The quantitative estimate of drug-likeness (QED) is 0.659. The Bertz CT molecular complexity index is 279. The van der Waals surface area contributed by atoms with Crippen molar-refractivity contribution in [1.29, 1.82) is 0 Å². The third-order valence-electron chi connectivity index (χ3n) is 2.38. The largest absolute Gasteiger partial charge is 0.382 e. The van der Waals surface area contributed by atoms with Crippen LogP contribution < -0.4 is 4.72 Å². The molecule has 0 aliphatic heterocycles. The van der Waals surface area contributed by atoms with Crippen LogP contribution in [0, 0.1) is 0 Å². The molecule has 0 saturated heterocycles. The summed E-state index contributed by atoms with van der Waals surface area (Å²) in [5, 5.41) is 0. The summed E-state index contributed by atoms with van der Waals surface area (Å²) in [5.74, 6) is 0.163. The summed E-state index contributed by atoms with van der Waals surface area (Å²) >= 11 is 0. The molecule has 0 aromatic heterocycles. The van der Waals surface area contributed by atoms with Gasteiger partial charge in [0.25, 0.3) is 0 Å². The van der Waals surface area contributed by atoms with Gasteiger partial charge < -0.3 is 9.47 Å². The number of ether oxygens (including phenoxy) is 2. The predicted octanol–water partition coefficient (Wildman–Crippen LogP) is 0.757. The van der Waals surface area contributed by atoms with Crippen LogP contribution in [0.5, 0.6) is 0 Å². The molecule has 1 unspecified atom stereocenters. The highest BCUT2D eigenvalue weighted by Gasteiger charge is 2.25. The van der Waals surface area contributed by atoms with Crippen molar-refractivity contribution in [2.24, 2.45) is 0 Å². The number of unbranched alkanes of at least 4 members (excludes halogenated alkanes) is 1. The maximum atomic E-state index is 11.5. The Morgan fingerprint density at radius 3 is 2.38 bits per heavy atom. The Hall–Kier alpha value is -0.170. The van der Waals surface area contributed by atoms with Crippen LogP contribution in [-0.2, 0) is 19.5 Å². The van der Waals surface area contributed by atoms with Gasteiger partial charge in [0.05, 0.1) is 12.4 Å². The minimum absolute atomic E-state index is 0.163. The van der Waals surface area contributed by atoms with Crippen LogP contribution in [0.4, 0.5) is 0 Å². The molecule has 0 aliphatic rings. The second-order valence-electron chi connectivity index (χ2n) is 4.08. The van der Waals surface area contributed by atoms with E-state index in [4.69, 9.17) is 9.47 Å². The van der Waals surface area contributed by atoms with Gasteiger partial charge in [-0.3, -0.25) is 0 Å². The van der Waals surface area contributed by atoms with Crippen molar-refractivity contribution in [1.82, 2.24) is 4.72 Å². The van der Waals surface area contributed by atoms with E-state index >= 15 is 0 Å². The highest BCUT2D eigenvalue weighted by Crippen LogP contribution is 2.08. The standard InChI is InChI=1S/C10H23NO4S/c1-5-6-7-16(12,13)11-8-10(2,15-4)9-14-3/h11H,5-9H2,1-4H3. The zero-order valence-corrected chi connectivity index (χ0v) is 11.4. The van der Waals surface area contributed by atoms with E-state index < -0.39 is 15.6 Å². The van der Waals surface area contributed by atoms with Gasteiger partial charge in [0.2, 0.25) is 10.0 Å². The highest BCUT2D eigenvalue weighted by molar-refractivity contribution is 7.89. The summed E-state index contributed by atoms with van der Waals surface area (Å²) in [7, 11) is -0.0915. The molecule has 0 amide bonds. The van der Waals surface area contributed by atoms with E-state index in [2.05, 4.69) is 4.72 Å². The van der Waals surface area contributed by atoms with Crippen LogP contribution in [0.2, 0.25) is 0 Å². The lowest BCUT2D eigenvalue weighted by Crippen LogP contribution is -2.45. The van der Waals surface area contributed by atoms with Gasteiger partial charge in [-0.05, 0) is 13.3 Å². The molecule has 0 saturated carbocycles. The zero-order valence-electron chi connectivity index (χ0n) is 10.6. The summed E-state index contributed by atoms with van der Waals surface area (Å²) in [5.41, 5.74) is -0.617. The topological polar surface area (TPSA) is 64.6 Å². The van der Waals surface area contributed by atoms with E-state index in [1.54, 1.807) is 21.1 Å². The van der Waals surface area contributed by atoms with Crippen LogP contribution in [0.15, 0.2) is 0 Å². The first-order valence-corrected chi connectivity index (χ1v) is 7.06. The lowest BCUT2D eigenvalue weighted by atomic mass is 10.1. The summed E-state index contributed by atoms with van der Waals surface area (Å²) in [6.07, 6.45) is 1.53. The molecule has 0 heterocycles. The maximum Gasteiger partial charge on any atom is 0.211 e. The molecule has 0 fully saturated rings. The minimum atomic E-state index is -3.19. The van der Waals surface area contributed by atoms with E-state index in [-0.39, 0.29) is 12.3 Å². The lowest BCUT2D eigenvalue weighted by molar-refractivity contribution is -0.0460. The fourth-order valence-electron chi connectivity index (χ4n) is 1.16. The van der Waals surface area contributed by atoms with E-state index in [0.29, 0.717) is 13.0 Å². The first-order chi connectivity index (χ1) is 7.39. The molecule has 0 aliphatic carbocycles. The molecule has 16 heavy (non-hydrogen) atoms. The third kappa shape index (κ3) is 6.42. The molecule has 0 aromatic carbocycles. The number of methoxy groups -OCH3 is 2. The van der Waals surface area contributed by atoms with Crippen LogP contribution in [0.3, 0.4) is 0 Å². The second-order valence-corrected chi connectivity index (χ2v) is 6.01. The van der Waals surface area contributed by atoms with Gasteiger partial charge in [-0.15, -0.1) is 0 Å². The summed E-state index contributed by atoms with van der Waals surface area (Å²) < 4.78 is 35.8. The molecule has 98 valence electrons. The first-order valence-electron chi connectivity index (χ1n) is 5.40. The molecule has 1 atom stereocenters. The van der Waals surface area contributed by atoms with Crippen molar-refractivity contribution >= 4 is 10.0 Å². The third-order valence-corrected chi connectivity index (χ3v) is 3.79. The van der Waals surface area contributed by atoms with Crippen LogP contribution in [0.25, 0.3) is 0 Å². The molecule has 0 bridgehead atoms. The van der Waals surface area contributed by atoms with Crippen LogP contribution in [-0.4, -0.2) is 47.1 Å². The van der Waals surface area contributed by atoms with Crippen molar-refractivity contribution in [3.8, 4) is 0 Å². The highest BCUT2D eigenvalue weighted by atomic mass is 32.2. The molecule has 0 radical (unpaired) electrons. The predicted molar refractivity (Wildman–Crippen MR) is 64.0 cm³/mol. The second kappa shape index (κ2) is 7.21. The number of rotatable bonds is 9. The molecule has 6 heteroatoms. The fourth-order valence-corrected chi connectivity index (χ4v) is 2.49. The van der Waals surface area contributed by atoms with Crippen molar-refractivity contribution in [2.45, 2.75) is 32.3 Å². The van der Waals surface area contributed by atoms with Crippen molar-refractivity contribution in [3.05, 3.63) is 0 Å². The SMILES string of the molecule is CCCCS(=O)(=O)NCC(C)(COC)OC. The Morgan fingerprint density at radius 1 is 1.31 bits per heavy atom.